The van der Waals surface area contributed by atoms with Crippen LogP contribution in [0.25, 0.3) is 0 Å². The third-order valence-corrected chi connectivity index (χ3v) is 2.47. The number of hydrogen-bond acceptors (Lipinski definition) is 3. The molecule has 1 rings (SSSR count). The number of carboxylic acid groups (broad SMARTS) is 1. The fourth-order valence-corrected chi connectivity index (χ4v) is 1.46. The van der Waals surface area contributed by atoms with Gasteiger partial charge in [0.05, 0.1) is 0 Å². The van der Waals surface area contributed by atoms with Crippen molar-refractivity contribution in [2.45, 2.75) is 25.8 Å². The molecule has 0 aliphatic heterocycles. The summed E-state index contributed by atoms with van der Waals surface area (Å²) in [5, 5.41) is 8.62. The minimum Gasteiger partial charge on any atom is -0.480 e. The normalized spacial score (nSPS) is 22.0. The molecule has 2 unspecified atom stereocenters. The average Bonchev–Trinajstić information content (AvgIpc) is 2.18. The first-order chi connectivity index (χ1) is 7.00. The van der Waals surface area contributed by atoms with E-state index in [1.54, 1.807) is 13.0 Å². The lowest BCUT2D eigenvalue weighted by atomic mass is 9.91. The van der Waals surface area contributed by atoms with Crippen molar-refractivity contribution in [2.24, 2.45) is 11.7 Å². The van der Waals surface area contributed by atoms with Gasteiger partial charge in [-0.15, -0.1) is 0 Å². The van der Waals surface area contributed by atoms with E-state index in [1.165, 1.54) is 0 Å². The molecule has 2 atom stereocenters. The SMILES string of the molecule is CC(=O)C1C=CC(CC(N)C(=O)O)=CC1. The number of hydrogen-bond donors (Lipinski definition) is 2. The Labute approximate surface area is 88.5 Å². The molecule has 0 bridgehead atoms. The number of Topliss-reactive ketones (excluding diaryl/α,β-unsaturated/α-hetero) is 1. The van der Waals surface area contributed by atoms with Gasteiger partial charge in [0.2, 0.25) is 0 Å². The largest absolute Gasteiger partial charge is 0.480 e. The monoisotopic (exact) mass is 209 g/mol. The van der Waals surface area contributed by atoms with E-state index in [-0.39, 0.29) is 11.7 Å². The van der Waals surface area contributed by atoms with Crippen LogP contribution in [0.4, 0.5) is 0 Å². The van der Waals surface area contributed by atoms with E-state index in [9.17, 15) is 9.59 Å². The molecule has 4 nitrogen and oxygen atoms in total. The van der Waals surface area contributed by atoms with Crippen LogP contribution < -0.4 is 5.73 Å². The second kappa shape index (κ2) is 4.89. The topological polar surface area (TPSA) is 80.4 Å². The minimum absolute atomic E-state index is 0.0604. The van der Waals surface area contributed by atoms with Crippen molar-refractivity contribution in [3.63, 3.8) is 0 Å². The van der Waals surface area contributed by atoms with Crippen molar-refractivity contribution in [2.75, 3.05) is 0 Å². The molecule has 0 spiro atoms. The Bertz CT molecular complexity index is 331. The van der Waals surface area contributed by atoms with Gasteiger partial charge in [0, 0.05) is 5.92 Å². The first-order valence-corrected chi connectivity index (χ1v) is 4.86. The number of carbonyl (C=O) groups is 2. The molecule has 1 aliphatic rings. The van der Waals surface area contributed by atoms with Gasteiger partial charge < -0.3 is 10.8 Å². The highest BCUT2D eigenvalue weighted by Crippen LogP contribution is 2.19. The minimum atomic E-state index is -1.00. The van der Waals surface area contributed by atoms with Crippen LogP contribution in [0.1, 0.15) is 19.8 Å². The number of carbonyl (C=O) groups excluding carboxylic acids is 1. The van der Waals surface area contributed by atoms with Crippen molar-refractivity contribution in [1.29, 1.82) is 0 Å². The Morgan fingerprint density at radius 2 is 2.33 bits per heavy atom. The summed E-state index contributed by atoms with van der Waals surface area (Å²) >= 11 is 0. The summed E-state index contributed by atoms with van der Waals surface area (Å²) in [5.41, 5.74) is 6.29. The standard InChI is InChI=1S/C11H15NO3/c1-7(13)9-4-2-8(3-5-9)6-10(12)11(14)15/h2-4,9-10H,5-6,12H2,1H3,(H,14,15). The van der Waals surface area contributed by atoms with E-state index in [0.717, 1.165) is 5.57 Å². The molecule has 0 fully saturated rings. The van der Waals surface area contributed by atoms with Crippen molar-refractivity contribution in [3.8, 4) is 0 Å². The quantitative estimate of drug-likeness (QED) is 0.720. The Balaban J connectivity index is 2.52. The molecule has 0 radical (unpaired) electrons. The lowest BCUT2D eigenvalue weighted by Crippen LogP contribution is -2.30. The Hall–Kier alpha value is -1.42. The lowest BCUT2D eigenvalue weighted by molar-refractivity contribution is -0.138. The molecular weight excluding hydrogens is 194 g/mol. The molecule has 0 amide bonds. The predicted molar refractivity (Wildman–Crippen MR) is 56.2 cm³/mol. The summed E-state index contributed by atoms with van der Waals surface area (Å²) < 4.78 is 0. The van der Waals surface area contributed by atoms with Gasteiger partial charge in [0.1, 0.15) is 11.8 Å². The predicted octanol–water partition coefficient (Wildman–Crippen LogP) is 0.880. The van der Waals surface area contributed by atoms with Crippen molar-refractivity contribution in [1.82, 2.24) is 0 Å². The summed E-state index contributed by atoms with van der Waals surface area (Å²) in [4.78, 5) is 21.6. The molecule has 1 aliphatic carbocycles. The van der Waals surface area contributed by atoms with Gasteiger partial charge in [-0.05, 0) is 19.8 Å². The van der Waals surface area contributed by atoms with Crippen LogP contribution in [0.15, 0.2) is 23.8 Å². The van der Waals surface area contributed by atoms with Crippen molar-refractivity contribution >= 4 is 11.8 Å². The highest BCUT2D eigenvalue weighted by atomic mass is 16.4. The van der Waals surface area contributed by atoms with Gasteiger partial charge >= 0.3 is 5.97 Å². The summed E-state index contributed by atoms with van der Waals surface area (Å²) in [5.74, 6) is -0.933. The van der Waals surface area contributed by atoms with Crippen molar-refractivity contribution in [3.05, 3.63) is 23.8 Å². The number of allylic oxidation sites excluding steroid dienone is 3. The zero-order valence-corrected chi connectivity index (χ0v) is 8.64. The third kappa shape index (κ3) is 3.32. The van der Waals surface area contributed by atoms with Crippen LogP contribution in [0.5, 0.6) is 0 Å². The smallest absolute Gasteiger partial charge is 0.320 e. The second-order valence-electron chi connectivity index (χ2n) is 3.74. The second-order valence-corrected chi connectivity index (χ2v) is 3.74. The zero-order chi connectivity index (χ0) is 11.4. The van der Waals surface area contributed by atoms with E-state index < -0.39 is 12.0 Å². The van der Waals surface area contributed by atoms with Gasteiger partial charge in [-0.2, -0.15) is 0 Å². The number of aliphatic carboxylic acids is 1. The van der Waals surface area contributed by atoms with Crippen LogP contribution in [0, 0.1) is 5.92 Å². The van der Waals surface area contributed by atoms with E-state index in [0.29, 0.717) is 12.8 Å². The first kappa shape index (κ1) is 11.7. The van der Waals surface area contributed by atoms with Gasteiger partial charge in [0.15, 0.2) is 0 Å². The van der Waals surface area contributed by atoms with Gasteiger partial charge in [-0.25, -0.2) is 0 Å². The molecule has 0 aromatic rings. The molecule has 3 N–H and O–H groups in total. The molecule has 4 heteroatoms. The molecule has 15 heavy (non-hydrogen) atoms. The zero-order valence-electron chi connectivity index (χ0n) is 8.64. The van der Waals surface area contributed by atoms with E-state index >= 15 is 0 Å². The fourth-order valence-electron chi connectivity index (χ4n) is 1.46. The maximum Gasteiger partial charge on any atom is 0.320 e. The number of ketones is 1. The first-order valence-electron chi connectivity index (χ1n) is 4.86. The molecule has 0 heterocycles. The lowest BCUT2D eigenvalue weighted by Gasteiger charge is -2.14. The van der Waals surface area contributed by atoms with Crippen LogP contribution in [-0.4, -0.2) is 22.9 Å². The van der Waals surface area contributed by atoms with Gasteiger partial charge in [0.25, 0.3) is 0 Å². The molecule has 0 aromatic carbocycles. The maximum absolute atomic E-state index is 11.0. The van der Waals surface area contributed by atoms with Crippen LogP contribution in [0.3, 0.4) is 0 Å². The summed E-state index contributed by atoms with van der Waals surface area (Å²) in [6.07, 6.45) is 6.45. The highest BCUT2D eigenvalue weighted by molar-refractivity contribution is 5.80. The summed E-state index contributed by atoms with van der Waals surface area (Å²) in [6, 6.07) is -0.866. The van der Waals surface area contributed by atoms with Gasteiger partial charge in [-0.3, -0.25) is 9.59 Å². The molecule has 0 aromatic heterocycles. The molecular formula is C11H15NO3. The van der Waals surface area contributed by atoms with Crippen LogP contribution in [-0.2, 0) is 9.59 Å². The van der Waals surface area contributed by atoms with E-state index in [2.05, 4.69) is 0 Å². The molecule has 0 saturated heterocycles. The van der Waals surface area contributed by atoms with Crippen molar-refractivity contribution < 1.29 is 14.7 Å². The molecule has 82 valence electrons. The van der Waals surface area contributed by atoms with E-state index in [1.807, 2.05) is 12.2 Å². The number of nitrogens with two attached hydrogens (primary N) is 1. The Kier molecular flexibility index (Phi) is 3.80. The Morgan fingerprint density at radius 3 is 2.73 bits per heavy atom. The van der Waals surface area contributed by atoms with Gasteiger partial charge in [-0.1, -0.05) is 23.8 Å². The number of carboxylic acids is 1. The maximum atomic E-state index is 11.0. The Morgan fingerprint density at radius 1 is 1.67 bits per heavy atom. The summed E-state index contributed by atoms with van der Waals surface area (Å²) in [7, 11) is 0. The third-order valence-electron chi connectivity index (χ3n) is 2.47. The van der Waals surface area contributed by atoms with E-state index in [4.69, 9.17) is 10.8 Å². The number of rotatable bonds is 4. The highest BCUT2D eigenvalue weighted by Gasteiger charge is 2.16. The average molecular weight is 209 g/mol. The van der Waals surface area contributed by atoms with Crippen LogP contribution >= 0.6 is 0 Å². The fraction of sp³-hybridized carbons (Fsp3) is 0.455. The summed E-state index contributed by atoms with van der Waals surface area (Å²) in [6.45, 7) is 1.55. The molecule has 0 saturated carbocycles. The van der Waals surface area contributed by atoms with Crippen LogP contribution in [0.2, 0.25) is 0 Å².